The van der Waals surface area contributed by atoms with Gasteiger partial charge in [0.2, 0.25) is 0 Å². The van der Waals surface area contributed by atoms with E-state index in [1.807, 2.05) is 6.07 Å². The number of alkyl halides is 1. The van der Waals surface area contributed by atoms with Crippen LogP contribution in [0.4, 0.5) is 4.39 Å². The van der Waals surface area contributed by atoms with E-state index in [1.54, 1.807) is 18.2 Å². The van der Waals surface area contributed by atoms with Crippen LogP contribution >= 0.6 is 39.1 Å². The van der Waals surface area contributed by atoms with Crippen LogP contribution in [-0.2, 0) is 0 Å². The van der Waals surface area contributed by atoms with E-state index >= 15 is 0 Å². The smallest absolute Gasteiger partial charge is 0.124 e. The molecule has 0 N–H and O–H groups in total. The molecule has 0 saturated carbocycles. The Hall–Kier alpha value is -0.770. The van der Waals surface area contributed by atoms with E-state index in [1.165, 1.54) is 19.2 Å². The van der Waals surface area contributed by atoms with E-state index in [0.717, 1.165) is 10.0 Å². The molecule has 0 aliphatic rings. The van der Waals surface area contributed by atoms with Crippen LogP contribution in [0, 0.1) is 5.82 Å². The van der Waals surface area contributed by atoms with E-state index in [9.17, 15) is 4.39 Å². The zero-order valence-corrected chi connectivity index (χ0v) is 13.1. The van der Waals surface area contributed by atoms with Gasteiger partial charge in [-0.1, -0.05) is 27.5 Å². The van der Waals surface area contributed by atoms with E-state index < -0.39 is 5.38 Å². The molecule has 1 atom stereocenters. The Labute approximate surface area is 129 Å². The Morgan fingerprint density at radius 1 is 1.21 bits per heavy atom. The number of ether oxygens (including phenoxy) is 1. The second-order valence-electron chi connectivity index (χ2n) is 3.95. The SMILES string of the molecule is COc1ccc(F)cc1C(Cl)c1cc(Cl)cc(Br)c1. The Balaban J connectivity index is 2.48. The number of methoxy groups -OCH3 is 1. The molecule has 0 aliphatic carbocycles. The molecule has 0 heterocycles. The zero-order chi connectivity index (χ0) is 14.0. The van der Waals surface area contributed by atoms with E-state index in [4.69, 9.17) is 27.9 Å². The normalized spacial score (nSPS) is 12.3. The maximum atomic E-state index is 13.4. The summed E-state index contributed by atoms with van der Waals surface area (Å²) in [5, 5.41) is 0.0195. The highest BCUT2D eigenvalue weighted by Gasteiger charge is 2.17. The summed E-state index contributed by atoms with van der Waals surface area (Å²) >= 11 is 15.8. The molecule has 0 bridgehead atoms. The van der Waals surface area contributed by atoms with Crippen LogP contribution in [0.2, 0.25) is 5.02 Å². The van der Waals surface area contributed by atoms with Crippen molar-refractivity contribution in [1.82, 2.24) is 0 Å². The summed E-state index contributed by atoms with van der Waals surface area (Å²) in [5.74, 6) is 0.181. The van der Waals surface area contributed by atoms with Crippen molar-refractivity contribution in [2.45, 2.75) is 5.38 Å². The largest absolute Gasteiger partial charge is 0.496 e. The van der Waals surface area contributed by atoms with Crippen molar-refractivity contribution < 1.29 is 9.13 Å². The van der Waals surface area contributed by atoms with Gasteiger partial charge in [-0.25, -0.2) is 4.39 Å². The van der Waals surface area contributed by atoms with Gasteiger partial charge in [0.1, 0.15) is 11.6 Å². The average molecular weight is 364 g/mol. The van der Waals surface area contributed by atoms with Crippen molar-refractivity contribution in [1.29, 1.82) is 0 Å². The second-order valence-corrected chi connectivity index (χ2v) is 5.74. The number of hydrogen-bond acceptors (Lipinski definition) is 1. The lowest BCUT2D eigenvalue weighted by Crippen LogP contribution is -1.98. The lowest BCUT2D eigenvalue weighted by atomic mass is 10.0. The Morgan fingerprint density at radius 2 is 1.95 bits per heavy atom. The lowest BCUT2D eigenvalue weighted by molar-refractivity contribution is 0.409. The van der Waals surface area contributed by atoms with E-state index in [-0.39, 0.29) is 5.82 Å². The van der Waals surface area contributed by atoms with Crippen LogP contribution < -0.4 is 4.74 Å². The van der Waals surface area contributed by atoms with Crippen molar-refractivity contribution in [2.75, 3.05) is 7.11 Å². The fourth-order valence-corrected chi connectivity index (χ4v) is 2.99. The van der Waals surface area contributed by atoms with Gasteiger partial charge in [0, 0.05) is 15.1 Å². The first-order valence-corrected chi connectivity index (χ1v) is 7.05. The summed E-state index contributed by atoms with van der Waals surface area (Å²) in [5.41, 5.74) is 1.34. The first-order valence-electron chi connectivity index (χ1n) is 5.44. The fourth-order valence-electron chi connectivity index (χ4n) is 1.80. The Morgan fingerprint density at radius 3 is 2.58 bits per heavy atom. The summed E-state index contributed by atoms with van der Waals surface area (Å²) in [4.78, 5) is 0. The molecule has 2 aromatic carbocycles. The minimum absolute atomic E-state index is 0.359. The molecule has 1 unspecified atom stereocenters. The first-order chi connectivity index (χ1) is 9.01. The fraction of sp³-hybridized carbons (Fsp3) is 0.143. The average Bonchev–Trinajstić information content (AvgIpc) is 2.36. The maximum Gasteiger partial charge on any atom is 0.124 e. The summed E-state index contributed by atoms with van der Waals surface area (Å²) in [6.45, 7) is 0. The molecule has 0 fully saturated rings. The molecule has 0 radical (unpaired) electrons. The van der Waals surface area contributed by atoms with Crippen LogP contribution in [-0.4, -0.2) is 7.11 Å². The monoisotopic (exact) mass is 362 g/mol. The molecule has 19 heavy (non-hydrogen) atoms. The number of halogens is 4. The highest BCUT2D eigenvalue weighted by Crippen LogP contribution is 2.37. The second kappa shape index (κ2) is 6.12. The van der Waals surface area contributed by atoms with Crippen molar-refractivity contribution in [3.63, 3.8) is 0 Å². The van der Waals surface area contributed by atoms with Gasteiger partial charge in [0.15, 0.2) is 0 Å². The number of benzene rings is 2. The molecule has 100 valence electrons. The molecule has 0 aromatic heterocycles. The molecule has 2 aromatic rings. The molecule has 5 heteroatoms. The first kappa shape index (κ1) is 14.6. The van der Waals surface area contributed by atoms with Gasteiger partial charge in [0.25, 0.3) is 0 Å². The van der Waals surface area contributed by atoms with Gasteiger partial charge < -0.3 is 4.74 Å². The predicted molar refractivity (Wildman–Crippen MR) is 79.8 cm³/mol. The maximum absolute atomic E-state index is 13.4. The number of hydrogen-bond donors (Lipinski definition) is 0. The van der Waals surface area contributed by atoms with Gasteiger partial charge in [-0.15, -0.1) is 11.6 Å². The Bertz CT molecular complexity index is 584. The summed E-state index contributed by atoms with van der Waals surface area (Å²) in [7, 11) is 1.52. The molecule has 0 saturated heterocycles. The number of rotatable bonds is 3. The van der Waals surface area contributed by atoms with Gasteiger partial charge in [0.05, 0.1) is 12.5 Å². The van der Waals surface area contributed by atoms with Crippen LogP contribution in [0.5, 0.6) is 5.75 Å². The quantitative estimate of drug-likeness (QED) is 0.647. The molecular weight excluding hydrogens is 354 g/mol. The zero-order valence-electron chi connectivity index (χ0n) is 9.96. The third kappa shape index (κ3) is 3.41. The topological polar surface area (TPSA) is 9.23 Å². The standard InChI is InChI=1S/C14H10BrCl2FO/c1-19-13-3-2-11(18)7-12(13)14(17)8-4-9(15)6-10(16)5-8/h2-7,14H,1H3. The van der Waals surface area contributed by atoms with Crippen molar-refractivity contribution >= 4 is 39.1 Å². The lowest BCUT2D eigenvalue weighted by Gasteiger charge is -2.15. The molecule has 2 rings (SSSR count). The van der Waals surface area contributed by atoms with Crippen molar-refractivity contribution in [2.24, 2.45) is 0 Å². The highest BCUT2D eigenvalue weighted by molar-refractivity contribution is 9.10. The summed E-state index contributed by atoms with van der Waals surface area (Å²) in [6, 6.07) is 9.60. The molecule has 0 aliphatic heterocycles. The van der Waals surface area contributed by atoms with Crippen LogP contribution in [0.15, 0.2) is 40.9 Å². The van der Waals surface area contributed by atoms with Crippen LogP contribution in [0.25, 0.3) is 0 Å². The van der Waals surface area contributed by atoms with Gasteiger partial charge in [-0.2, -0.15) is 0 Å². The van der Waals surface area contributed by atoms with Crippen molar-refractivity contribution in [3.05, 3.63) is 62.8 Å². The summed E-state index contributed by atoms with van der Waals surface area (Å²) in [6.07, 6.45) is 0. The minimum atomic E-state index is -0.541. The highest BCUT2D eigenvalue weighted by atomic mass is 79.9. The minimum Gasteiger partial charge on any atom is -0.496 e. The summed E-state index contributed by atoms with van der Waals surface area (Å²) < 4.78 is 19.4. The van der Waals surface area contributed by atoms with Gasteiger partial charge in [-0.3, -0.25) is 0 Å². The van der Waals surface area contributed by atoms with Crippen molar-refractivity contribution in [3.8, 4) is 5.75 Å². The Kier molecular flexibility index (Phi) is 4.71. The van der Waals surface area contributed by atoms with Gasteiger partial charge >= 0.3 is 0 Å². The van der Waals surface area contributed by atoms with E-state index in [2.05, 4.69) is 15.9 Å². The van der Waals surface area contributed by atoms with Crippen LogP contribution in [0.1, 0.15) is 16.5 Å². The molecule has 0 spiro atoms. The molecular formula is C14H10BrCl2FO. The van der Waals surface area contributed by atoms with Gasteiger partial charge in [-0.05, 0) is 42.0 Å². The third-order valence-corrected chi connectivity index (χ3v) is 3.81. The predicted octanol–water partition coefficient (Wildman–Crippen LogP) is 5.58. The third-order valence-electron chi connectivity index (χ3n) is 2.64. The van der Waals surface area contributed by atoms with Crippen LogP contribution in [0.3, 0.4) is 0 Å². The molecule has 0 amide bonds. The molecule has 1 nitrogen and oxygen atoms in total. The van der Waals surface area contributed by atoms with E-state index in [0.29, 0.717) is 16.3 Å².